The minimum absolute atomic E-state index is 0.558. The predicted molar refractivity (Wildman–Crippen MR) is 30.4 cm³/mol. The fourth-order valence-electron chi connectivity index (χ4n) is 0.143. The first-order valence-electron chi connectivity index (χ1n) is 2.15. The van der Waals surface area contributed by atoms with E-state index in [2.05, 4.69) is 0 Å². The van der Waals surface area contributed by atoms with Crippen LogP contribution in [-0.2, 0) is 30.6 Å². The number of rotatable bonds is 2. The van der Waals surface area contributed by atoms with Crippen molar-refractivity contribution in [3.8, 4) is 0 Å². The second-order valence-electron chi connectivity index (χ2n) is 1.01. The number of carbonyl (C=O) groups is 2. The molecule has 12 heavy (non-hydrogen) atoms. The van der Waals surface area contributed by atoms with E-state index in [0.717, 1.165) is 17.4 Å². The number of hydrogen-bond acceptors (Lipinski definition) is 5. The van der Waals surface area contributed by atoms with E-state index in [4.69, 9.17) is 24.4 Å². The molecule has 0 aliphatic carbocycles. The molecule has 0 spiro atoms. The van der Waals surface area contributed by atoms with Crippen LogP contribution in [0.25, 0.3) is 0 Å². The molecule has 0 radical (unpaired) electrons. The van der Waals surface area contributed by atoms with Crippen LogP contribution in [0.15, 0.2) is 12.2 Å². The zero-order valence-corrected chi connectivity index (χ0v) is 7.01. The Hall–Kier alpha value is -1.02. The number of aliphatic carboxylic acids is 2. The Morgan fingerprint density at radius 2 is 1.08 bits per heavy atom. The van der Waals surface area contributed by atoms with Gasteiger partial charge in [0, 0.05) is 12.2 Å². The van der Waals surface area contributed by atoms with Gasteiger partial charge >= 0.3 is 33.0 Å². The summed E-state index contributed by atoms with van der Waals surface area (Å²) in [5, 5.41) is 27.6. The predicted octanol–water partition coefficient (Wildman–Crippen LogP) is -0.392. The molecule has 0 saturated heterocycles. The van der Waals surface area contributed by atoms with Crippen LogP contribution in [0, 0.1) is 0 Å². The monoisotopic (exact) mass is 217 g/mol. The van der Waals surface area contributed by atoms with Gasteiger partial charge in [0.15, 0.2) is 0 Å². The molecular formula is C4H6O7V. The van der Waals surface area contributed by atoms with E-state index in [1.165, 1.54) is 0 Å². The van der Waals surface area contributed by atoms with Crippen molar-refractivity contribution in [1.82, 2.24) is 0 Å². The van der Waals surface area contributed by atoms with E-state index >= 15 is 0 Å². The molecule has 0 rings (SSSR count). The summed E-state index contributed by atoms with van der Waals surface area (Å²) < 4.78 is 8.19. The van der Waals surface area contributed by atoms with Gasteiger partial charge in [0.25, 0.3) is 0 Å². The Morgan fingerprint density at radius 1 is 0.917 bits per heavy atom. The molecule has 7 nitrogen and oxygen atoms in total. The van der Waals surface area contributed by atoms with Crippen LogP contribution in [0.5, 0.6) is 0 Å². The first kappa shape index (κ1) is 17.2. The topological polar surface area (TPSA) is 132 Å². The van der Waals surface area contributed by atoms with Crippen molar-refractivity contribution >= 4 is 11.9 Å². The van der Waals surface area contributed by atoms with Crippen molar-refractivity contribution < 1.29 is 51.4 Å². The first-order chi connectivity index (χ1) is 5.63. The Bertz CT molecular complexity index is 137. The average molecular weight is 217 g/mol. The van der Waals surface area contributed by atoms with Crippen molar-refractivity contribution in [2.24, 2.45) is 0 Å². The van der Waals surface area contributed by atoms with Crippen LogP contribution >= 0.6 is 0 Å². The van der Waals surface area contributed by atoms with Crippen LogP contribution < -0.4 is 0 Å². The van der Waals surface area contributed by atoms with Crippen LogP contribution in [0.1, 0.15) is 0 Å². The molecule has 0 unspecified atom stereocenters. The van der Waals surface area contributed by atoms with E-state index in [9.17, 15) is 9.59 Å². The van der Waals surface area contributed by atoms with Crippen LogP contribution in [0.2, 0.25) is 0 Å². The second-order valence-corrected chi connectivity index (χ2v) is 1.01. The van der Waals surface area contributed by atoms with Crippen LogP contribution in [0.3, 0.4) is 0 Å². The number of carboxylic acids is 2. The molecule has 0 aliphatic rings. The maximum atomic E-state index is 9.55. The fourth-order valence-corrected chi connectivity index (χ4v) is 0.143. The minimum atomic E-state index is -1.26. The third-order valence-electron chi connectivity index (χ3n) is 0.368. The summed E-state index contributed by atoms with van der Waals surface area (Å²) >= 11 is 1.06. The molecule has 8 heteroatoms. The van der Waals surface area contributed by atoms with Crippen LogP contribution in [0.4, 0.5) is 0 Å². The molecular weight excluding hydrogens is 211 g/mol. The van der Waals surface area contributed by atoms with E-state index < -0.39 is 11.9 Å². The van der Waals surface area contributed by atoms with Crippen molar-refractivity contribution in [3.05, 3.63) is 12.2 Å². The summed E-state index contributed by atoms with van der Waals surface area (Å²) in [6, 6.07) is 0. The van der Waals surface area contributed by atoms with Gasteiger partial charge in [-0.25, -0.2) is 9.59 Å². The molecule has 0 saturated carbocycles. The SMILES string of the molecule is O=C(O)/C=C\C(=O)O.OO.[O]=[V]. The third kappa shape index (κ3) is 36.1. The van der Waals surface area contributed by atoms with E-state index in [0.29, 0.717) is 12.2 Å². The van der Waals surface area contributed by atoms with E-state index in [-0.39, 0.29) is 0 Å². The van der Waals surface area contributed by atoms with Gasteiger partial charge in [-0.05, 0) is 0 Å². The number of hydrogen-bond donors (Lipinski definition) is 4. The van der Waals surface area contributed by atoms with Gasteiger partial charge in [0.1, 0.15) is 0 Å². The number of carboxylic acid groups (broad SMARTS) is 2. The molecule has 0 fully saturated rings. The normalized spacial score (nSPS) is 7.08. The molecule has 4 N–H and O–H groups in total. The maximum absolute atomic E-state index is 9.55. The van der Waals surface area contributed by atoms with Crippen LogP contribution in [-0.4, -0.2) is 32.7 Å². The zero-order chi connectivity index (χ0) is 10.6. The summed E-state index contributed by atoms with van der Waals surface area (Å²) in [7, 11) is 0. The van der Waals surface area contributed by atoms with Crippen molar-refractivity contribution in [2.45, 2.75) is 0 Å². The Labute approximate surface area is 76.1 Å². The molecule has 0 aromatic carbocycles. The quantitative estimate of drug-likeness (QED) is 0.281. The van der Waals surface area contributed by atoms with Gasteiger partial charge in [-0.2, -0.15) is 0 Å². The fraction of sp³-hybridized carbons (Fsp3) is 0. The van der Waals surface area contributed by atoms with Crippen molar-refractivity contribution in [1.29, 1.82) is 0 Å². The molecule has 0 amide bonds. The van der Waals surface area contributed by atoms with Gasteiger partial charge in [-0.15, -0.1) is 0 Å². The Morgan fingerprint density at radius 3 is 1.17 bits per heavy atom. The van der Waals surface area contributed by atoms with Gasteiger partial charge in [0.05, 0.1) is 0 Å². The van der Waals surface area contributed by atoms with Gasteiger partial charge in [0.2, 0.25) is 0 Å². The van der Waals surface area contributed by atoms with Gasteiger partial charge < -0.3 is 10.2 Å². The Kier molecular flexibility index (Phi) is 23.6. The van der Waals surface area contributed by atoms with Gasteiger partial charge in [-0.1, -0.05) is 0 Å². The molecule has 0 aromatic rings. The van der Waals surface area contributed by atoms with Gasteiger partial charge in [-0.3, -0.25) is 10.5 Å². The average Bonchev–Trinajstić information content (AvgIpc) is 2.08. The first-order valence-corrected chi connectivity index (χ1v) is 2.72. The van der Waals surface area contributed by atoms with Crippen molar-refractivity contribution in [3.63, 3.8) is 0 Å². The standard InChI is InChI=1S/C4H4O4.H2O2.O.V/c5-3(6)1-2-4(7)8;1-2;;/h1-2H,(H,5,6)(H,7,8);1-2H;;/b2-1-;;;. The summed E-state index contributed by atoms with van der Waals surface area (Å²) in [6.45, 7) is 0. The zero-order valence-electron chi connectivity index (χ0n) is 5.62. The summed E-state index contributed by atoms with van der Waals surface area (Å²) in [4.78, 5) is 19.1. The van der Waals surface area contributed by atoms with E-state index in [1.54, 1.807) is 0 Å². The third-order valence-corrected chi connectivity index (χ3v) is 0.368. The van der Waals surface area contributed by atoms with E-state index in [1.807, 2.05) is 0 Å². The van der Waals surface area contributed by atoms with Crippen molar-refractivity contribution in [2.75, 3.05) is 0 Å². The molecule has 69 valence electrons. The molecule has 0 atom stereocenters. The molecule has 0 aliphatic heterocycles. The summed E-state index contributed by atoms with van der Waals surface area (Å²) in [5.74, 6) is -2.51. The summed E-state index contributed by atoms with van der Waals surface area (Å²) in [6.07, 6.45) is 1.12. The summed E-state index contributed by atoms with van der Waals surface area (Å²) in [5.41, 5.74) is 0. The molecule has 0 heterocycles. The Balaban J connectivity index is -0.000000175. The molecule has 0 bridgehead atoms. The second kappa shape index (κ2) is 16.5. The molecule has 0 aromatic heterocycles.